The number of hydrogen-bond acceptors (Lipinski definition) is 4. The van der Waals surface area contributed by atoms with Crippen LogP contribution in [0.25, 0.3) is 0 Å². The largest absolute Gasteiger partial charge is 0.461 e. The van der Waals surface area contributed by atoms with Crippen molar-refractivity contribution in [1.29, 1.82) is 0 Å². The monoisotopic (exact) mass is 332 g/mol. The third kappa shape index (κ3) is 6.34. The molecule has 4 nitrogen and oxygen atoms in total. The van der Waals surface area contributed by atoms with E-state index in [1.807, 2.05) is 51.1 Å². The van der Waals surface area contributed by atoms with Crippen LogP contribution in [-0.4, -0.2) is 17.5 Å². The Morgan fingerprint density at radius 2 is 1.83 bits per heavy atom. The van der Waals surface area contributed by atoms with Gasteiger partial charge in [0, 0.05) is 6.42 Å². The van der Waals surface area contributed by atoms with Gasteiger partial charge >= 0.3 is 11.9 Å². The van der Waals surface area contributed by atoms with Crippen molar-refractivity contribution < 1.29 is 19.1 Å². The number of hydrogen-bond donors (Lipinski definition) is 0. The smallest absolute Gasteiger partial charge is 0.309 e. The average Bonchev–Trinajstić information content (AvgIpc) is 2.52. The fourth-order valence-corrected chi connectivity index (χ4v) is 3.16. The molecule has 1 saturated carbocycles. The Morgan fingerprint density at radius 3 is 2.50 bits per heavy atom. The number of esters is 2. The van der Waals surface area contributed by atoms with Crippen LogP contribution >= 0.6 is 0 Å². The van der Waals surface area contributed by atoms with Crippen LogP contribution in [0.5, 0.6) is 0 Å². The van der Waals surface area contributed by atoms with Crippen LogP contribution in [0.3, 0.4) is 0 Å². The van der Waals surface area contributed by atoms with E-state index in [2.05, 4.69) is 0 Å². The summed E-state index contributed by atoms with van der Waals surface area (Å²) in [5.74, 6) is -0.212. The molecule has 0 aromatic heterocycles. The standard InChI is InChI=1S/C20H28O4/c1-20(2,3)24-18(21)13-16-10-7-11-17(12-16)19(22)23-14-15-8-5-4-6-9-15/h4-6,8-9,16-17H,7,10-14H2,1-3H3/t16-,17?/m1/s1. The summed E-state index contributed by atoms with van der Waals surface area (Å²) in [7, 11) is 0. The lowest BCUT2D eigenvalue weighted by atomic mass is 9.80. The van der Waals surface area contributed by atoms with E-state index in [9.17, 15) is 9.59 Å². The van der Waals surface area contributed by atoms with Crippen molar-refractivity contribution in [2.45, 2.75) is 65.1 Å². The number of carbonyl (C=O) groups excluding carboxylic acids is 2. The SMILES string of the molecule is CC(C)(C)OC(=O)C[C@@H]1CCCC(C(=O)OCc2ccccc2)C1. The number of ether oxygens (including phenoxy) is 2. The molecule has 0 bridgehead atoms. The van der Waals surface area contributed by atoms with Crippen LogP contribution in [-0.2, 0) is 25.7 Å². The van der Waals surface area contributed by atoms with Crippen molar-refractivity contribution in [3.63, 3.8) is 0 Å². The Hall–Kier alpha value is -1.84. The van der Waals surface area contributed by atoms with Gasteiger partial charge in [-0.2, -0.15) is 0 Å². The van der Waals surface area contributed by atoms with Crippen LogP contribution in [0, 0.1) is 11.8 Å². The molecule has 0 N–H and O–H groups in total. The van der Waals surface area contributed by atoms with E-state index in [0.717, 1.165) is 24.8 Å². The van der Waals surface area contributed by atoms with Crippen molar-refractivity contribution >= 4 is 11.9 Å². The first-order valence-corrected chi connectivity index (χ1v) is 8.76. The molecule has 0 amide bonds. The van der Waals surface area contributed by atoms with E-state index < -0.39 is 5.60 Å². The fraction of sp³-hybridized carbons (Fsp3) is 0.600. The van der Waals surface area contributed by atoms with Gasteiger partial charge in [0.1, 0.15) is 12.2 Å². The van der Waals surface area contributed by atoms with Crippen molar-refractivity contribution in [2.75, 3.05) is 0 Å². The van der Waals surface area contributed by atoms with Gasteiger partial charge in [-0.1, -0.05) is 36.8 Å². The van der Waals surface area contributed by atoms with Crippen molar-refractivity contribution in [2.24, 2.45) is 11.8 Å². The highest BCUT2D eigenvalue weighted by atomic mass is 16.6. The zero-order chi connectivity index (χ0) is 17.6. The van der Waals surface area contributed by atoms with Gasteiger partial charge < -0.3 is 9.47 Å². The lowest BCUT2D eigenvalue weighted by Crippen LogP contribution is -2.29. The molecule has 0 heterocycles. The molecule has 0 spiro atoms. The Kier molecular flexibility index (Phi) is 6.41. The molecule has 4 heteroatoms. The Balaban J connectivity index is 1.79. The summed E-state index contributed by atoms with van der Waals surface area (Å²) in [6, 6.07) is 9.69. The molecular weight excluding hydrogens is 304 g/mol. The molecule has 1 aliphatic carbocycles. The number of benzene rings is 1. The summed E-state index contributed by atoms with van der Waals surface area (Å²) in [4.78, 5) is 24.3. The van der Waals surface area contributed by atoms with Crippen LogP contribution in [0.4, 0.5) is 0 Å². The zero-order valence-corrected chi connectivity index (χ0v) is 14.9. The van der Waals surface area contributed by atoms with E-state index in [1.165, 1.54) is 0 Å². The van der Waals surface area contributed by atoms with E-state index in [0.29, 0.717) is 19.4 Å². The van der Waals surface area contributed by atoms with E-state index in [1.54, 1.807) is 0 Å². The fourth-order valence-electron chi connectivity index (χ4n) is 3.16. The summed E-state index contributed by atoms with van der Waals surface area (Å²) in [5.41, 5.74) is 0.534. The first kappa shape index (κ1) is 18.5. The van der Waals surface area contributed by atoms with Crippen LogP contribution in [0.15, 0.2) is 30.3 Å². The maximum Gasteiger partial charge on any atom is 0.309 e. The normalized spacial score (nSPS) is 21.1. The maximum atomic E-state index is 12.3. The lowest BCUT2D eigenvalue weighted by Gasteiger charge is -2.28. The molecular formula is C20H28O4. The Bertz CT molecular complexity index is 545. The Labute approximate surface area is 144 Å². The first-order chi connectivity index (χ1) is 11.3. The second-order valence-electron chi connectivity index (χ2n) is 7.61. The predicted octanol–water partition coefficient (Wildman–Crippen LogP) is 4.27. The molecule has 0 aliphatic heterocycles. The average molecular weight is 332 g/mol. The van der Waals surface area contributed by atoms with E-state index >= 15 is 0 Å². The molecule has 2 rings (SSSR count). The molecule has 1 unspecified atom stereocenters. The molecule has 2 atom stereocenters. The third-order valence-electron chi connectivity index (χ3n) is 4.22. The molecule has 1 aromatic rings. The quantitative estimate of drug-likeness (QED) is 0.756. The zero-order valence-electron chi connectivity index (χ0n) is 14.9. The van der Waals surface area contributed by atoms with Gasteiger partial charge in [-0.05, 0) is 51.5 Å². The molecule has 24 heavy (non-hydrogen) atoms. The summed E-state index contributed by atoms with van der Waals surface area (Å²) < 4.78 is 10.8. The van der Waals surface area contributed by atoms with Crippen molar-refractivity contribution in [3.05, 3.63) is 35.9 Å². The van der Waals surface area contributed by atoms with Crippen molar-refractivity contribution in [3.8, 4) is 0 Å². The number of rotatable bonds is 5. The Morgan fingerprint density at radius 1 is 1.12 bits per heavy atom. The second-order valence-corrected chi connectivity index (χ2v) is 7.61. The highest BCUT2D eigenvalue weighted by Gasteiger charge is 2.30. The highest BCUT2D eigenvalue weighted by Crippen LogP contribution is 2.32. The van der Waals surface area contributed by atoms with Crippen LogP contribution < -0.4 is 0 Å². The van der Waals surface area contributed by atoms with Gasteiger partial charge in [0.15, 0.2) is 0 Å². The predicted molar refractivity (Wildman–Crippen MR) is 92.1 cm³/mol. The summed E-state index contributed by atoms with van der Waals surface area (Å²) >= 11 is 0. The second kappa shape index (κ2) is 8.32. The minimum atomic E-state index is -0.459. The summed E-state index contributed by atoms with van der Waals surface area (Å²) in [6.07, 6.45) is 3.88. The summed E-state index contributed by atoms with van der Waals surface area (Å²) in [6.45, 7) is 5.92. The van der Waals surface area contributed by atoms with Crippen LogP contribution in [0.1, 0.15) is 58.4 Å². The lowest BCUT2D eigenvalue weighted by molar-refractivity contribution is -0.158. The molecule has 0 radical (unpaired) electrons. The molecule has 1 fully saturated rings. The number of carbonyl (C=O) groups is 2. The van der Waals surface area contributed by atoms with Crippen LogP contribution in [0.2, 0.25) is 0 Å². The molecule has 1 aromatic carbocycles. The van der Waals surface area contributed by atoms with Gasteiger partial charge in [-0.25, -0.2) is 0 Å². The van der Waals surface area contributed by atoms with Gasteiger partial charge in [0.05, 0.1) is 5.92 Å². The van der Waals surface area contributed by atoms with Gasteiger partial charge in [-0.3, -0.25) is 9.59 Å². The van der Waals surface area contributed by atoms with E-state index in [4.69, 9.17) is 9.47 Å². The molecule has 132 valence electrons. The minimum Gasteiger partial charge on any atom is -0.461 e. The first-order valence-electron chi connectivity index (χ1n) is 8.76. The maximum absolute atomic E-state index is 12.3. The highest BCUT2D eigenvalue weighted by molar-refractivity contribution is 5.73. The third-order valence-corrected chi connectivity index (χ3v) is 4.22. The molecule has 0 saturated heterocycles. The van der Waals surface area contributed by atoms with Gasteiger partial charge in [0.2, 0.25) is 0 Å². The van der Waals surface area contributed by atoms with E-state index in [-0.39, 0.29) is 23.8 Å². The van der Waals surface area contributed by atoms with Gasteiger partial charge in [-0.15, -0.1) is 0 Å². The topological polar surface area (TPSA) is 52.6 Å². The summed E-state index contributed by atoms with van der Waals surface area (Å²) in [5, 5.41) is 0. The molecule has 1 aliphatic rings. The minimum absolute atomic E-state index is 0.102. The van der Waals surface area contributed by atoms with Crippen molar-refractivity contribution in [1.82, 2.24) is 0 Å². The van der Waals surface area contributed by atoms with Gasteiger partial charge in [0.25, 0.3) is 0 Å².